The van der Waals surface area contributed by atoms with Gasteiger partial charge in [0.1, 0.15) is 0 Å². The standard InChI is InChI=1S/C16H20F3NO/c1-20(12-8-4-2-3-5-9-12)15(21)13-10-6-7-11-14(13)16(17,18)19/h6-7,10-12H,2-5,8-9H2,1H3. The number of benzene rings is 1. The van der Waals surface area contributed by atoms with Gasteiger partial charge in [0.05, 0.1) is 11.1 Å². The molecule has 0 aliphatic heterocycles. The lowest BCUT2D eigenvalue weighted by molar-refractivity contribution is -0.138. The number of carbonyl (C=O) groups is 1. The van der Waals surface area contributed by atoms with Gasteiger partial charge >= 0.3 is 6.18 Å². The number of nitrogens with zero attached hydrogens (tertiary/aromatic N) is 1. The lowest BCUT2D eigenvalue weighted by Crippen LogP contribution is -2.37. The van der Waals surface area contributed by atoms with Crippen LogP contribution in [0.5, 0.6) is 0 Å². The number of hydrogen-bond donors (Lipinski definition) is 0. The zero-order valence-corrected chi connectivity index (χ0v) is 12.1. The topological polar surface area (TPSA) is 20.3 Å². The van der Waals surface area contributed by atoms with Crippen molar-refractivity contribution in [1.29, 1.82) is 0 Å². The fraction of sp³-hybridized carbons (Fsp3) is 0.562. The van der Waals surface area contributed by atoms with Gasteiger partial charge in [0.2, 0.25) is 0 Å². The maximum Gasteiger partial charge on any atom is 0.417 e. The molecule has 0 unspecified atom stereocenters. The zero-order chi connectivity index (χ0) is 15.5. The molecule has 1 fully saturated rings. The van der Waals surface area contributed by atoms with Gasteiger partial charge in [-0.15, -0.1) is 0 Å². The summed E-state index contributed by atoms with van der Waals surface area (Å²) >= 11 is 0. The van der Waals surface area contributed by atoms with Crippen LogP contribution < -0.4 is 0 Å². The minimum Gasteiger partial charge on any atom is -0.339 e. The third-order valence-corrected chi connectivity index (χ3v) is 4.16. The Hall–Kier alpha value is -1.52. The van der Waals surface area contributed by atoms with Crippen LogP contribution in [0.4, 0.5) is 13.2 Å². The van der Waals surface area contributed by atoms with Gasteiger partial charge in [0.15, 0.2) is 0 Å². The Balaban J connectivity index is 2.23. The Morgan fingerprint density at radius 1 is 1.10 bits per heavy atom. The Bertz CT molecular complexity index is 491. The van der Waals surface area contributed by atoms with Crippen molar-refractivity contribution in [3.8, 4) is 0 Å². The van der Waals surface area contributed by atoms with Crippen LogP contribution in [0.2, 0.25) is 0 Å². The van der Waals surface area contributed by atoms with Gasteiger partial charge in [-0.25, -0.2) is 0 Å². The van der Waals surface area contributed by atoms with E-state index < -0.39 is 17.6 Å². The fourth-order valence-corrected chi connectivity index (χ4v) is 2.92. The van der Waals surface area contributed by atoms with Crippen LogP contribution >= 0.6 is 0 Å². The van der Waals surface area contributed by atoms with Gasteiger partial charge in [-0.1, -0.05) is 37.8 Å². The van der Waals surface area contributed by atoms with Crippen LogP contribution in [0, 0.1) is 0 Å². The molecule has 0 heterocycles. The smallest absolute Gasteiger partial charge is 0.339 e. The van der Waals surface area contributed by atoms with Crippen molar-refractivity contribution in [3.05, 3.63) is 35.4 Å². The first-order chi connectivity index (χ1) is 9.91. The van der Waals surface area contributed by atoms with Crippen molar-refractivity contribution in [1.82, 2.24) is 4.90 Å². The molecular formula is C16H20F3NO. The maximum atomic E-state index is 13.0. The molecule has 21 heavy (non-hydrogen) atoms. The third kappa shape index (κ3) is 3.77. The molecule has 1 aliphatic rings. The van der Waals surface area contributed by atoms with E-state index in [-0.39, 0.29) is 11.6 Å². The van der Waals surface area contributed by atoms with Gasteiger partial charge in [0.25, 0.3) is 5.91 Å². The summed E-state index contributed by atoms with van der Waals surface area (Å²) in [5.74, 6) is -0.533. The van der Waals surface area contributed by atoms with E-state index in [1.54, 1.807) is 7.05 Å². The van der Waals surface area contributed by atoms with E-state index in [4.69, 9.17) is 0 Å². The molecular weight excluding hydrogens is 279 g/mol. The van der Waals surface area contributed by atoms with E-state index in [1.165, 1.54) is 23.1 Å². The van der Waals surface area contributed by atoms with Crippen molar-refractivity contribution in [2.24, 2.45) is 0 Å². The molecule has 2 rings (SSSR count). The molecule has 116 valence electrons. The maximum absolute atomic E-state index is 13.0. The number of halogens is 3. The SMILES string of the molecule is CN(C(=O)c1ccccc1C(F)(F)F)C1CCCCCC1. The molecule has 0 spiro atoms. The molecule has 1 amide bonds. The minimum absolute atomic E-state index is 0.0429. The summed E-state index contributed by atoms with van der Waals surface area (Å²) in [7, 11) is 1.62. The van der Waals surface area contributed by atoms with E-state index >= 15 is 0 Å². The fourth-order valence-electron chi connectivity index (χ4n) is 2.92. The molecule has 2 nitrogen and oxygen atoms in total. The second kappa shape index (κ2) is 6.50. The first-order valence-corrected chi connectivity index (χ1v) is 7.34. The van der Waals surface area contributed by atoms with Gasteiger partial charge < -0.3 is 4.90 Å². The minimum atomic E-state index is -4.50. The summed E-state index contributed by atoms with van der Waals surface area (Å²) in [6, 6.07) is 5.06. The van der Waals surface area contributed by atoms with Crippen molar-refractivity contribution in [3.63, 3.8) is 0 Å². The molecule has 0 atom stereocenters. The van der Waals surface area contributed by atoms with E-state index in [0.717, 1.165) is 44.6 Å². The molecule has 1 aromatic carbocycles. The van der Waals surface area contributed by atoms with Gasteiger partial charge in [-0.3, -0.25) is 4.79 Å². The third-order valence-electron chi connectivity index (χ3n) is 4.16. The van der Waals surface area contributed by atoms with Gasteiger partial charge in [-0.2, -0.15) is 13.2 Å². The summed E-state index contributed by atoms with van der Waals surface area (Å²) in [6.45, 7) is 0. The van der Waals surface area contributed by atoms with Gasteiger partial charge in [-0.05, 0) is 25.0 Å². The lowest BCUT2D eigenvalue weighted by atomic mass is 10.0. The molecule has 5 heteroatoms. The Morgan fingerprint density at radius 3 is 2.24 bits per heavy atom. The number of amides is 1. The quantitative estimate of drug-likeness (QED) is 0.736. The average molecular weight is 299 g/mol. The second-order valence-corrected chi connectivity index (χ2v) is 5.60. The highest BCUT2D eigenvalue weighted by Crippen LogP contribution is 2.33. The predicted molar refractivity (Wildman–Crippen MR) is 75.0 cm³/mol. The largest absolute Gasteiger partial charge is 0.417 e. The lowest BCUT2D eigenvalue weighted by Gasteiger charge is -2.28. The van der Waals surface area contributed by atoms with E-state index in [2.05, 4.69) is 0 Å². The summed E-state index contributed by atoms with van der Waals surface area (Å²) in [5.41, 5.74) is -1.10. The molecule has 1 saturated carbocycles. The van der Waals surface area contributed by atoms with Crippen LogP contribution in [0.1, 0.15) is 54.4 Å². The molecule has 0 saturated heterocycles. The number of alkyl halides is 3. The summed E-state index contributed by atoms with van der Waals surface area (Å²) in [5, 5.41) is 0. The highest BCUT2D eigenvalue weighted by atomic mass is 19.4. The monoisotopic (exact) mass is 299 g/mol. The number of rotatable bonds is 2. The molecule has 0 bridgehead atoms. The van der Waals surface area contributed by atoms with Crippen molar-refractivity contribution in [2.75, 3.05) is 7.05 Å². The molecule has 1 aromatic rings. The van der Waals surface area contributed by atoms with Crippen LogP contribution in [-0.2, 0) is 6.18 Å². The molecule has 0 N–H and O–H groups in total. The zero-order valence-electron chi connectivity index (χ0n) is 12.1. The van der Waals surface area contributed by atoms with Crippen molar-refractivity contribution < 1.29 is 18.0 Å². The first-order valence-electron chi connectivity index (χ1n) is 7.34. The highest BCUT2D eigenvalue weighted by molar-refractivity contribution is 5.96. The number of carbonyl (C=O) groups excluding carboxylic acids is 1. The first kappa shape index (κ1) is 15.9. The summed E-state index contributed by atoms with van der Waals surface area (Å²) in [4.78, 5) is 13.9. The molecule has 1 aliphatic carbocycles. The van der Waals surface area contributed by atoms with E-state index in [1.807, 2.05) is 0 Å². The van der Waals surface area contributed by atoms with Crippen LogP contribution in [0.25, 0.3) is 0 Å². The second-order valence-electron chi connectivity index (χ2n) is 5.60. The van der Waals surface area contributed by atoms with E-state index in [9.17, 15) is 18.0 Å². The molecule has 0 aromatic heterocycles. The summed E-state index contributed by atoms with van der Waals surface area (Å²) in [6.07, 6.45) is 1.57. The van der Waals surface area contributed by atoms with Crippen molar-refractivity contribution >= 4 is 5.91 Å². The normalized spacial score (nSPS) is 17.3. The van der Waals surface area contributed by atoms with Crippen molar-refractivity contribution in [2.45, 2.75) is 50.7 Å². The van der Waals surface area contributed by atoms with E-state index in [0.29, 0.717) is 0 Å². The molecule has 0 radical (unpaired) electrons. The Labute approximate surface area is 122 Å². The average Bonchev–Trinajstić information content (AvgIpc) is 2.74. The Kier molecular flexibility index (Phi) is 4.91. The number of hydrogen-bond acceptors (Lipinski definition) is 1. The van der Waals surface area contributed by atoms with Crippen LogP contribution in [-0.4, -0.2) is 23.9 Å². The highest BCUT2D eigenvalue weighted by Gasteiger charge is 2.36. The van der Waals surface area contributed by atoms with Gasteiger partial charge in [0, 0.05) is 13.1 Å². The van der Waals surface area contributed by atoms with Crippen LogP contribution in [0.3, 0.4) is 0 Å². The Morgan fingerprint density at radius 2 is 1.67 bits per heavy atom. The van der Waals surface area contributed by atoms with Crippen LogP contribution in [0.15, 0.2) is 24.3 Å². The summed E-state index contributed by atoms with van der Waals surface area (Å²) < 4.78 is 39.0. The predicted octanol–water partition coefficient (Wildman–Crippen LogP) is 4.50.